The van der Waals surface area contributed by atoms with Gasteiger partial charge in [0.1, 0.15) is 0 Å². The van der Waals surface area contributed by atoms with E-state index in [0.29, 0.717) is 22.8 Å². The Hall–Kier alpha value is -2.11. The lowest BCUT2D eigenvalue weighted by molar-refractivity contribution is 0.102. The second kappa shape index (κ2) is 7.42. The number of hydrogen-bond donors (Lipinski definition) is 1. The van der Waals surface area contributed by atoms with E-state index in [0.717, 1.165) is 21.4 Å². The molecule has 0 spiro atoms. The Labute approximate surface area is 159 Å². The third-order valence-corrected chi connectivity index (χ3v) is 4.83. The number of amides is 1. The van der Waals surface area contributed by atoms with E-state index in [1.807, 2.05) is 67.1 Å². The number of aryl methyl sites for hydroxylation is 1. The van der Waals surface area contributed by atoms with Crippen LogP contribution in [0.1, 0.15) is 27.3 Å². The summed E-state index contributed by atoms with van der Waals surface area (Å²) in [6.45, 7) is 4.26. The maximum atomic E-state index is 12.7. The van der Waals surface area contributed by atoms with Crippen LogP contribution in [0.5, 0.6) is 0 Å². The maximum absolute atomic E-state index is 12.7. The molecule has 25 heavy (non-hydrogen) atoms. The van der Waals surface area contributed by atoms with E-state index in [1.54, 1.807) is 0 Å². The Kier molecular flexibility index (Phi) is 5.25. The summed E-state index contributed by atoms with van der Waals surface area (Å²) in [6.07, 6.45) is 0. The summed E-state index contributed by atoms with van der Waals surface area (Å²) < 4.78 is 2.72. The lowest BCUT2D eigenvalue weighted by Crippen LogP contribution is -2.14. The van der Waals surface area contributed by atoms with Crippen LogP contribution in [-0.2, 0) is 6.54 Å². The van der Waals surface area contributed by atoms with Crippen molar-refractivity contribution in [1.82, 2.24) is 9.78 Å². The number of anilines is 1. The molecule has 1 heterocycles. The Morgan fingerprint density at radius 1 is 1.20 bits per heavy atom. The molecule has 1 aromatic heterocycles. The van der Waals surface area contributed by atoms with E-state index in [9.17, 15) is 4.79 Å². The van der Waals surface area contributed by atoms with Crippen molar-refractivity contribution in [2.24, 2.45) is 0 Å². The van der Waals surface area contributed by atoms with E-state index in [4.69, 9.17) is 11.6 Å². The topological polar surface area (TPSA) is 46.9 Å². The second-order valence-electron chi connectivity index (χ2n) is 5.76. The number of hydrogen-bond acceptors (Lipinski definition) is 2. The molecule has 0 bridgehead atoms. The molecule has 128 valence electrons. The van der Waals surface area contributed by atoms with Gasteiger partial charge < -0.3 is 5.32 Å². The van der Waals surface area contributed by atoms with E-state index >= 15 is 0 Å². The minimum absolute atomic E-state index is 0.168. The summed E-state index contributed by atoms with van der Waals surface area (Å²) in [7, 11) is 0. The minimum Gasteiger partial charge on any atom is -0.322 e. The zero-order valence-electron chi connectivity index (χ0n) is 13.9. The van der Waals surface area contributed by atoms with Crippen LogP contribution in [0.2, 0.25) is 5.02 Å². The quantitative estimate of drug-likeness (QED) is 0.631. The molecule has 3 aromatic rings. The van der Waals surface area contributed by atoms with Crippen molar-refractivity contribution in [2.45, 2.75) is 20.4 Å². The number of rotatable bonds is 4. The summed E-state index contributed by atoms with van der Waals surface area (Å²) in [5.41, 5.74) is 3.79. The third-order valence-electron chi connectivity index (χ3n) is 3.97. The average Bonchev–Trinajstić information content (AvgIpc) is 2.83. The maximum Gasteiger partial charge on any atom is 0.259 e. The standard InChI is InChI=1S/C19H17BrClN3O/c1-12-18(19(25)22-16-8-5-7-15(20)10-16)13(2)24(23-12)11-14-6-3-4-9-17(14)21/h3-10H,11H2,1-2H3,(H,22,25). The number of nitrogens with zero attached hydrogens (tertiary/aromatic N) is 2. The SMILES string of the molecule is Cc1nn(Cc2ccccc2Cl)c(C)c1C(=O)Nc1cccc(Br)c1. The summed E-state index contributed by atoms with van der Waals surface area (Å²) in [5, 5.41) is 8.13. The minimum atomic E-state index is -0.168. The highest BCUT2D eigenvalue weighted by atomic mass is 79.9. The average molecular weight is 419 g/mol. The van der Waals surface area contributed by atoms with Gasteiger partial charge in [0.15, 0.2) is 0 Å². The summed E-state index contributed by atoms with van der Waals surface area (Å²) in [5.74, 6) is -0.168. The van der Waals surface area contributed by atoms with E-state index < -0.39 is 0 Å². The highest BCUT2D eigenvalue weighted by Crippen LogP contribution is 2.21. The van der Waals surface area contributed by atoms with E-state index in [-0.39, 0.29) is 5.91 Å². The molecule has 2 aromatic carbocycles. The Bertz CT molecular complexity index is 936. The molecular formula is C19H17BrClN3O. The highest BCUT2D eigenvalue weighted by Gasteiger charge is 2.19. The van der Waals surface area contributed by atoms with Crippen LogP contribution in [-0.4, -0.2) is 15.7 Å². The molecule has 1 amide bonds. The molecule has 0 saturated heterocycles. The fraction of sp³-hybridized carbons (Fsp3) is 0.158. The first-order valence-corrected chi connectivity index (χ1v) is 8.97. The largest absolute Gasteiger partial charge is 0.322 e. The Morgan fingerprint density at radius 3 is 2.68 bits per heavy atom. The number of carbonyl (C=O) groups is 1. The van der Waals surface area contributed by atoms with Crippen molar-refractivity contribution in [1.29, 1.82) is 0 Å². The summed E-state index contributed by atoms with van der Waals surface area (Å²) >= 11 is 9.64. The molecule has 4 nitrogen and oxygen atoms in total. The van der Waals surface area contributed by atoms with Crippen LogP contribution in [0.25, 0.3) is 0 Å². The van der Waals surface area contributed by atoms with Crippen molar-refractivity contribution < 1.29 is 4.79 Å². The van der Waals surface area contributed by atoms with Gasteiger partial charge in [0.25, 0.3) is 5.91 Å². The molecule has 0 radical (unpaired) electrons. The smallest absolute Gasteiger partial charge is 0.259 e. The third kappa shape index (κ3) is 3.94. The molecular weight excluding hydrogens is 402 g/mol. The fourth-order valence-electron chi connectivity index (χ4n) is 2.73. The van der Waals surface area contributed by atoms with Gasteiger partial charge >= 0.3 is 0 Å². The van der Waals surface area contributed by atoms with E-state index in [2.05, 4.69) is 26.3 Å². The van der Waals surface area contributed by atoms with Gasteiger partial charge in [-0.25, -0.2) is 0 Å². The van der Waals surface area contributed by atoms with Gasteiger partial charge in [-0.05, 0) is 43.7 Å². The van der Waals surface area contributed by atoms with Crippen LogP contribution in [0.15, 0.2) is 53.0 Å². The Morgan fingerprint density at radius 2 is 1.96 bits per heavy atom. The van der Waals surface area contributed by atoms with Crippen LogP contribution in [0.4, 0.5) is 5.69 Å². The second-order valence-corrected chi connectivity index (χ2v) is 7.08. The molecule has 0 aliphatic heterocycles. The van der Waals surface area contributed by atoms with E-state index in [1.165, 1.54) is 0 Å². The summed E-state index contributed by atoms with van der Waals surface area (Å²) in [4.78, 5) is 12.7. The van der Waals surface area contributed by atoms with Gasteiger partial charge in [-0.2, -0.15) is 5.10 Å². The molecule has 0 aliphatic rings. The number of nitrogens with one attached hydrogen (secondary N) is 1. The summed E-state index contributed by atoms with van der Waals surface area (Å²) in [6, 6.07) is 15.1. The molecule has 6 heteroatoms. The molecule has 0 fully saturated rings. The predicted molar refractivity (Wildman–Crippen MR) is 104 cm³/mol. The van der Waals surface area contributed by atoms with Crippen LogP contribution in [0.3, 0.4) is 0 Å². The van der Waals surface area contributed by atoms with Crippen molar-refractivity contribution in [3.63, 3.8) is 0 Å². The van der Waals surface area contributed by atoms with Gasteiger partial charge in [0, 0.05) is 20.9 Å². The normalized spacial score (nSPS) is 10.7. The molecule has 0 unspecified atom stereocenters. The van der Waals surface area contributed by atoms with Crippen molar-refractivity contribution in [3.8, 4) is 0 Å². The zero-order valence-corrected chi connectivity index (χ0v) is 16.2. The van der Waals surface area contributed by atoms with Gasteiger partial charge in [-0.3, -0.25) is 9.48 Å². The fourth-order valence-corrected chi connectivity index (χ4v) is 3.32. The first-order valence-electron chi connectivity index (χ1n) is 7.80. The first-order chi connectivity index (χ1) is 12.0. The highest BCUT2D eigenvalue weighted by molar-refractivity contribution is 9.10. The molecule has 1 N–H and O–H groups in total. The Balaban J connectivity index is 1.86. The molecule has 0 saturated carbocycles. The lowest BCUT2D eigenvalue weighted by atomic mass is 10.1. The van der Waals surface area contributed by atoms with Gasteiger partial charge in [0.2, 0.25) is 0 Å². The number of aromatic nitrogens is 2. The lowest BCUT2D eigenvalue weighted by Gasteiger charge is -2.08. The van der Waals surface area contributed by atoms with Crippen LogP contribution < -0.4 is 5.32 Å². The van der Waals surface area contributed by atoms with Gasteiger partial charge in [-0.1, -0.05) is 51.8 Å². The zero-order chi connectivity index (χ0) is 18.0. The molecule has 0 aliphatic carbocycles. The van der Waals surface area contributed by atoms with Crippen molar-refractivity contribution in [2.75, 3.05) is 5.32 Å². The number of benzene rings is 2. The van der Waals surface area contributed by atoms with Crippen molar-refractivity contribution in [3.05, 3.63) is 80.5 Å². The number of halogens is 2. The first kappa shape index (κ1) is 17.7. The monoisotopic (exact) mass is 417 g/mol. The molecule has 3 rings (SSSR count). The van der Waals surface area contributed by atoms with Crippen molar-refractivity contribution >= 4 is 39.1 Å². The predicted octanol–water partition coefficient (Wildman–Crippen LogP) is 5.22. The van der Waals surface area contributed by atoms with Gasteiger partial charge in [0.05, 0.1) is 17.8 Å². The van der Waals surface area contributed by atoms with Crippen LogP contribution in [0, 0.1) is 13.8 Å². The van der Waals surface area contributed by atoms with Gasteiger partial charge in [-0.15, -0.1) is 0 Å². The van der Waals surface area contributed by atoms with Crippen LogP contribution >= 0.6 is 27.5 Å². The number of carbonyl (C=O) groups excluding carboxylic acids is 1. The molecule has 0 atom stereocenters.